The summed E-state index contributed by atoms with van der Waals surface area (Å²) in [6.45, 7) is 3.02. The zero-order chi connectivity index (χ0) is 8.60. The molecule has 0 aromatic carbocycles. The maximum atomic E-state index is 9.92. The average Bonchev–Trinajstić information content (AvgIpc) is 2.59. The lowest BCUT2D eigenvalue weighted by Gasteiger charge is -2.14. The molecule has 66 valence electrons. The van der Waals surface area contributed by atoms with Crippen molar-refractivity contribution < 1.29 is 9.63 Å². The Bertz CT molecular complexity index is 278. The Hall–Kier alpha value is -0.940. The molecule has 1 atom stereocenters. The fourth-order valence-electron chi connectivity index (χ4n) is 1.35. The minimum Gasteiger partial charge on any atom is -0.379 e. The summed E-state index contributed by atoms with van der Waals surface area (Å²) in [6.07, 6.45) is 0.634. The first-order chi connectivity index (χ1) is 5.71. The highest BCUT2D eigenvalue weighted by Crippen LogP contribution is 2.25. The van der Waals surface area contributed by atoms with Crippen molar-refractivity contribution in [2.75, 3.05) is 13.1 Å². The molecule has 2 N–H and O–H groups in total. The van der Waals surface area contributed by atoms with E-state index in [4.69, 9.17) is 4.52 Å². The van der Waals surface area contributed by atoms with E-state index in [1.165, 1.54) is 0 Å². The van der Waals surface area contributed by atoms with E-state index >= 15 is 0 Å². The zero-order valence-electron chi connectivity index (χ0n) is 6.87. The minimum atomic E-state index is -0.943. The Morgan fingerprint density at radius 3 is 3.00 bits per heavy atom. The Morgan fingerprint density at radius 1 is 1.67 bits per heavy atom. The number of β-amino-alcohol motifs (C(OH)–C–C–N with tert-alkyl or cyclic N) is 1. The van der Waals surface area contributed by atoms with Crippen LogP contribution in [0.4, 0.5) is 0 Å². The van der Waals surface area contributed by atoms with Crippen LogP contribution in [0.5, 0.6) is 0 Å². The lowest BCUT2D eigenvalue weighted by molar-refractivity contribution is 0.0243. The zero-order valence-corrected chi connectivity index (χ0v) is 6.87. The summed E-state index contributed by atoms with van der Waals surface area (Å²) in [5.41, 5.74) is -0.943. The summed E-state index contributed by atoms with van der Waals surface area (Å²) in [4.78, 5) is 4.00. The number of hydrogen-bond acceptors (Lipinski definition) is 5. The molecule has 1 fully saturated rings. The number of aliphatic hydroxyl groups is 1. The van der Waals surface area contributed by atoms with Gasteiger partial charge in [-0.15, -0.1) is 0 Å². The molecule has 0 unspecified atom stereocenters. The Labute approximate surface area is 69.8 Å². The third kappa shape index (κ3) is 1.11. The van der Waals surface area contributed by atoms with Crippen LogP contribution in [0, 0.1) is 6.92 Å². The molecule has 1 aromatic heterocycles. The van der Waals surface area contributed by atoms with Gasteiger partial charge in [-0.3, -0.25) is 0 Å². The summed E-state index contributed by atoms with van der Waals surface area (Å²) in [7, 11) is 0. The SMILES string of the molecule is Cc1noc([C@]2(O)CCNC2)n1. The summed E-state index contributed by atoms with van der Waals surface area (Å²) in [5.74, 6) is 0.885. The maximum Gasteiger partial charge on any atom is 0.259 e. The highest BCUT2D eigenvalue weighted by atomic mass is 16.5. The molecule has 5 nitrogen and oxygen atoms in total. The highest BCUT2D eigenvalue weighted by molar-refractivity contribution is 5.02. The summed E-state index contributed by atoms with van der Waals surface area (Å²) >= 11 is 0. The summed E-state index contributed by atoms with van der Waals surface area (Å²) in [6, 6.07) is 0. The van der Waals surface area contributed by atoms with Crippen molar-refractivity contribution in [1.29, 1.82) is 0 Å². The lowest BCUT2D eigenvalue weighted by atomic mass is 10.0. The van der Waals surface area contributed by atoms with Crippen LogP contribution in [0.15, 0.2) is 4.52 Å². The van der Waals surface area contributed by atoms with E-state index in [0.717, 1.165) is 6.54 Å². The van der Waals surface area contributed by atoms with Gasteiger partial charge in [0.05, 0.1) is 0 Å². The van der Waals surface area contributed by atoms with E-state index in [1.54, 1.807) is 6.92 Å². The number of aryl methyl sites for hydroxylation is 1. The van der Waals surface area contributed by atoms with Crippen molar-refractivity contribution in [3.8, 4) is 0 Å². The molecule has 1 aliphatic heterocycles. The molecular weight excluding hydrogens is 158 g/mol. The number of hydrogen-bond donors (Lipinski definition) is 2. The van der Waals surface area contributed by atoms with Crippen molar-refractivity contribution in [1.82, 2.24) is 15.5 Å². The van der Waals surface area contributed by atoms with Crippen molar-refractivity contribution in [3.05, 3.63) is 11.7 Å². The molecule has 1 aliphatic rings. The molecular formula is C7H11N3O2. The largest absolute Gasteiger partial charge is 0.379 e. The quantitative estimate of drug-likeness (QED) is 0.596. The molecule has 0 amide bonds. The standard InChI is InChI=1S/C7H11N3O2/c1-5-9-6(12-10-5)7(11)2-3-8-4-7/h8,11H,2-4H2,1H3/t7-/m0/s1. The monoisotopic (exact) mass is 169 g/mol. The Balaban J connectivity index is 2.28. The van der Waals surface area contributed by atoms with Crippen molar-refractivity contribution in [3.63, 3.8) is 0 Å². The summed E-state index contributed by atoms with van der Waals surface area (Å²) in [5, 5.41) is 16.6. The second kappa shape index (κ2) is 2.53. The molecule has 0 spiro atoms. The van der Waals surface area contributed by atoms with Gasteiger partial charge in [-0.25, -0.2) is 0 Å². The number of aromatic nitrogens is 2. The number of nitrogens with zero attached hydrogens (tertiary/aromatic N) is 2. The first-order valence-electron chi connectivity index (χ1n) is 3.95. The Morgan fingerprint density at radius 2 is 2.50 bits per heavy atom. The van der Waals surface area contributed by atoms with Crippen LogP contribution in [0.3, 0.4) is 0 Å². The molecule has 2 rings (SSSR count). The van der Waals surface area contributed by atoms with Gasteiger partial charge >= 0.3 is 0 Å². The van der Waals surface area contributed by atoms with Gasteiger partial charge in [0.2, 0.25) is 0 Å². The van der Waals surface area contributed by atoms with Crippen LogP contribution in [0.1, 0.15) is 18.1 Å². The molecule has 1 saturated heterocycles. The van der Waals surface area contributed by atoms with Crippen LogP contribution in [0.2, 0.25) is 0 Å². The number of rotatable bonds is 1. The molecule has 0 bridgehead atoms. The van der Waals surface area contributed by atoms with Crippen LogP contribution in [0.25, 0.3) is 0 Å². The van der Waals surface area contributed by atoms with Crippen LogP contribution >= 0.6 is 0 Å². The second-order valence-electron chi connectivity index (χ2n) is 3.11. The summed E-state index contributed by atoms with van der Waals surface area (Å²) < 4.78 is 4.90. The van der Waals surface area contributed by atoms with E-state index in [0.29, 0.717) is 24.7 Å². The smallest absolute Gasteiger partial charge is 0.259 e. The van der Waals surface area contributed by atoms with Crippen LogP contribution < -0.4 is 5.32 Å². The lowest BCUT2D eigenvalue weighted by Crippen LogP contribution is -2.28. The van der Waals surface area contributed by atoms with Crippen LogP contribution in [-0.4, -0.2) is 28.3 Å². The Kier molecular flexibility index (Phi) is 1.62. The van der Waals surface area contributed by atoms with Gasteiger partial charge in [0.25, 0.3) is 5.89 Å². The minimum absolute atomic E-state index is 0.324. The average molecular weight is 169 g/mol. The maximum absolute atomic E-state index is 9.92. The molecule has 12 heavy (non-hydrogen) atoms. The van der Waals surface area contributed by atoms with Gasteiger partial charge in [-0.1, -0.05) is 5.16 Å². The fourth-order valence-corrected chi connectivity index (χ4v) is 1.35. The first-order valence-corrected chi connectivity index (χ1v) is 3.95. The van der Waals surface area contributed by atoms with Crippen molar-refractivity contribution in [2.45, 2.75) is 18.9 Å². The van der Waals surface area contributed by atoms with Crippen molar-refractivity contribution >= 4 is 0 Å². The van der Waals surface area contributed by atoms with Crippen LogP contribution in [-0.2, 0) is 5.60 Å². The molecule has 2 heterocycles. The second-order valence-corrected chi connectivity index (χ2v) is 3.11. The van der Waals surface area contributed by atoms with Gasteiger partial charge in [-0.2, -0.15) is 4.98 Å². The topological polar surface area (TPSA) is 71.2 Å². The van der Waals surface area contributed by atoms with Crippen molar-refractivity contribution in [2.24, 2.45) is 0 Å². The van der Waals surface area contributed by atoms with Gasteiger partial charge < -0.3 is 14.9 Å². The van der Waals surface area contributed by atoms with E-state index in [9.17, 15) is 5.11 Å². The third-order valence-electron chi connectivity index (χ3n) is 2.06. The molecule has 1 aromatic rings. The van der Waals surface area contributed by atoms with Gasteiger partial charge in [0.15, 0.2) is 11.4 Å². The predicted molar refractivity (Wildman–Crippen MR) is 40.4 cm³/mol. The fraction of sp³-hybridized carbons (Fsp3) is 0.714. The van der Waals surface area contributed by atoms with Gasteiger partial charge in [-0.05, 0) is 19.9 Å². The van der Waals surface area contributed by atoms with Gasteiger partial charge in [0, 0.05) is 6.54 Å². The molecule has 0 radical (unpaired) electrons. The van der Waals surface area contributed by atoms with E-state index < -0.39 is 5.60 Å². The van der Waals surface area contributed by atoms with Gasteiger partial charge in [0.1, 0.15) is 0 Å². The number of nitrogens with one attached hydrogen (secondary N) is 1. The highest BCUT2D eigenvalue weighted by Gasteiger charge is 2.38. The van der Waals surface area contributed by atoms with E-state index in [2.05, 4.69) is 15.5 Å². The molecule has 0 saturated carbocycles. The predicted octanol–water partition coefficient (Wildman–Crippen LogP) is -0.441. The molecule has 0 aliphatic carbocycles. The van der Waals surface area contributed by atoms with E-state index in [1.807, 2.05) is 0 Å². The first kappa shape index (κ1) is 7.70. The normalized spacial score (nSPS) is 29.5. The third-order valence-corrected chi connectivity index (χ3v) is 2.06. The molecule has 5 heteroatoms. The van der Waals surface area contributed by atoms with E-state index in [-0.39, 0.29) is 0 Å².